The molecule has 0 radical (unpaired) electrons. The summed E-state index contributed by atoms with van der Waals surface area (Å²) in [6.45, 7) is 1.96. The maximum Gasteiger partial charge on any atom is 0.261 e. The molecule has 0 aliphatic heterocycles. The molecular weight excluding hydrogens is 378 g/mol. The lowest BCUT2D eigenvalue weighted by Gasteiger charge is -2.08. The summed E-state index contributed by atoms with van der Waals surface area (Å²) < 4.78 is 24.8. The molecule has 3 aromatic rings. The molecule has 3 rings (SSSR count). The van der Waals surface area contributed by atoms with Gasteiger partial charge in [0.1, 0.15) is 5.56 Å². The van der Waals surface area contributed by atoms with E-state index in [2.05, 4.69) is 15.0 Å². The highest BCUT2D eigenvalue weighted by atomic mass is 32.2. The standard InChI is InChI=1S/C20H19N3O4S/c1-13-4-3-5-14(12-13)18-11-10-17(20(25)22-18)19(24)21-15-6-8-16(9-7-15)23-28(2,26)27/h3-12,23H,1-2H3,(H,21,24)(H,22,25). The Labute approximate surface area is 162 Å². The lowest BCUT2D eigenvalue weighted by molar-refractivity contribution is 0.102. The molecule has 144 valence electrons. The Hall–Kier alpha value is -3.39. The van der Waals surface area contributed by atoms with Gasteiger partial charge in [0, 0.05) is 17.1 Å². The second-order valence-corrected chi connectivity index (χ2v) is 8.14. The monoisotopic (exact) mass is 397 g/mol. The van der Waals surface area contributed by atoms with Crippen molar-refractivity contribution in [2.24, 2.45) is 0 Å². The zero-order valence-electron chi connectivity index (χ0n) is 15.3. The Morgan fingerprint density at radius 2 is 1.64 bits per heavy atom. The average Bonchev–Trinajstić information content (AvgIpc) is 2.62. The molecule has 7 nitrogen and oxygen atoms in total. The van der Waals surface area contributed by atoms with E-state index in [0.29, 0.717) is 17.1 Å². The maximum atomic E-state index is 12.4. The summed E-state index contributed by atoms with van der Waals surface area (Å²) in [5, 5.41) is 2.62. The number of carbonyl (C=O) groups excluding carboxylic acids is 1. The van der Waals surface area contributed by atoms with Gasteiger partial charge >= 0.3 is 0 Å². The van der Waals surface area contributed by atoms with Gasteiger partial charge in [-0.2, -0.15) is 0 Å². The molecule has 1 aromatic heterocycles. The summed E-state index contributed by atoms with van der Waals surface area (Å²) >= 11 is 0. The first-order valence-corrected chi connectivity index (χ1v) is 10.3. The van der Waals surface area contributed by atoms with Crippen LogP contribution in [0.2, 0.25) is 0 Å². The minimum atomic E-state index is -3.37. The van der Waals surface area contributed by atoms with Crippen LogP contribution in [0.5, 0.6) is 0 Å². The summed E-state index contributed by atoms with van der Waals surface area (Å²) in [5.74, 6) is -0.555. The number of pyridine rings is 1. The molecule has 28 heavy (non-hydrogen) atoms. The topological polar surface area (TPSA) is 108 Å². The van der Waals surface area contributed by atoms with Crippen molar-refractivity contribution in [1.29, 1.82) is 0 Å². The Kier molecular flexibility index (Phi) is 5.32. The molecule has 0 saturated carbocycles. The van der Waals surface area contributed by atoms with Gasteiger partial charge in [0.05, 0.1) is 6.26 Å². The largest absolute Gasteiger partial charge is 0.322 e. The number of sulfonamides is 1. The summed E-state index contributed by atoms with van der Waals surface area (Å²) in [5.41, 5.74) is 2.85. The minimum Gasteiger partial charge on any atom is -0.322 e. The van der Waals surface area contributed by atoms with Crippen molar-refractivity contribution in [3.63, 3.8) is 0 Å². The second-order valence-electron chi connectivity index (χ2n) is 6.39. The van der Waals surface area contributed by atoms with E-state index in [9.17, 15) is 18.0 Å². The van der Waals surface area contributed by atoms with Gasteiger partial charge in [-0.1, -0.05) is 23.8 Å². The molecule has 1 heterocycles. The summed E-state index contributed by atoms with van der Waals surface area (Å²) in [6.07, 6.45) is 1.05. The zero-order valence-corrected chi connectivity index (χ0v) is 16.1. The third-order valence-electron chi connectivity index (χ3n) is 3.93. The number of anilines is 2. The average molecular weight is 397 g/mol. The molecule has 0 fully saturated rings. The van der Waals surface area contributed by atoms with Crippen LogP contribution in [0.3, 0.4) is 0 Å². The number of H-pyrrole nitrogens is 1. The number of aromatic nitrogens is 1. The normalized spacial score (nSPS) is 11.1. The van der Waals surface area contributed by atoms with Crippen LogP contribution in [0, 0.1) is 6.92 Å². The fourth-order valence-corrected chi connectivity index (χ4v) is 3.23. The number of nitrogens with one attached hydrogen (secondary N) is 3. The van der Waals surface area contributed by atoms with E-state index in [-0.39, 0.29) is 5.56 Å². The van der Waals surface area contributed by atoms with Gasteiger partial charge < -0.3 is 10.3 Å². The predicted octanol–water partition coefficient (Wildman–Crippen LogP) is 2.97. The fraction of sp³-hybridized carbons (Fsp3) is 0.100. The molecule has 0 aliphatic rings. The third-order valence-corrected chi connectivity index (χ3v) is 4.54. The Bertz CT molecular complexity index is 1180. The van der Waals surface area contributed by atoms with E-state index in [1.54, 1.807) is 18.2 Å². The van der Waals surface area contributed by atoms with E-state index in [1.165, 1.54) is 18.2 Å². The molecule has 0 unspecified atom stereocenters. The molecule has 0 saturated heterocycles. The Balaban J connectivity index is 1.77. The highest BCUT2D eigenvalue weighted by Gasteiger charge is 2.12. The SMILES string of the molecule is Cc1cccc(-c2ccc(C(=O)Nc3ccc(NS(C)(=O)=O)cc3)c(=O)[nH]2)c1. The number of benzene rings is 2. The summed E-state index contributed by atoms with van der Waals surface area (Å²) in [4.78, 5) is 27.5. The van der Waals surface area contributed by atoms with Crippen molar-refractivity contribution in [2.75, 3.05) is 16.3 Å². The molecule has 0 spiro atoms. The maximum absolute atomic E-state index is 12.4. The van der Waals surface area contributed by atoms with Crippen LogP contribution in [0.1, 0.15) is 15.9 Å². The Morgan fingerprint density at radius 3 is 2.25 bits per heavy atom. The van der Waals surface area contributed by atoms with E-state index in [4.69, 9.17) is 0 Å². The number of aryl methyl sites for hydroxylation is 1. The lowest BCUT2D eigenvalue weighted by Crippen LogP contribution is -2.23. The van der Waals surface area contributed by atoms with Crippen LogP contribution in [-0.4, -0.2) is 25.6 Å². The molecule has 0 bridgehead atoms. The number of hydrogen-bond donors (Lipinski definition) is 3. The molecule has 0 atom stereocenters. The van der Waals surface area contributed by atoms with Gasteiger partial charge in [-0.3, -0.25) is 14.3 Å². The van der Waals surface area contributed by atoms with Crippen molar-refractivity contribution in [1.82, 2.24) is 4.98 Å². The van der Waals surface area contributed by atoms with E-state index in [0.717, 1.165) is 17.4 Å². The minimum absolute atomic E-state index is 0.0188. The van der Waals surface area contributed by atoms with Crippen molar-refractivity contribution < 1.29 is 13.2 Å². The molecule has 2 aromatic carbocycles. The van der Waals surface area contributed by atoms with Crippen LogP contribution >= 0.6 is 0 Å². The lowest BCUT2D eigenvalue weighted by atomic mass is 10.1. The number of rotatable bonds is 5. The fourth-order valence-electron chi connectivity index (χ4n) is 2.67. The van der Waals surface area contributed by atoms with E-state index < -0.39 is 21.5 Å². The first kappa shape index (κ1) is 19.4. The smallest absolute Gasteiger partial charge is 0.261 e. The Morgan fingerprint density at radius 1 is 0.964 bits per heavy atom. The van der Waals surface area contributed by atoms with Gasteiger partial charge in [-0.15, -0.1) is 0 Å². The van der Waals surface area contributed by atoms with Gasteiger partial charge in [0.25, 0.3) is 11.5 Å². The number of aromatic amines is 1. The van der Waals surface area contributed by atoms with Crippen LogP contribution in [0.25, 0.3) is 11.3 Å². The number of amides is 1. The van der Waals surface area contributed by atoms with Gasteiger partial charge in [-0.25, -0.2) is 8.42 Å². The number of hydrogen-bond acceptors (Lipinski definition) is 4. The molecule has 8 heteroatoms. The van der Waals surface area contributed by atoms with Crippen molar-refractivity contribution in [3.8, 4) is 11.3 Å². The highest BCUT2D eigenvalue weighted by molar-refractivity contribution is 7.92. The molecular formula is C20H19N3O4S. The number of carbonyl (C=O) groups is 1. The van der Waals surface area contributed by atoms with Gasteiger partial charge in [-0.05, 0) is 55.0 Å². The second kappa shape index (κ2) is 7.69. The van der Waals surface area contributed by atoms with Crippen LogP contribution < -0.4 is 15.6 Å². The van der Waals surface area contributed by atoms with Crippen LogP contribution in [-0.2, 0) is 10.0 Å². The molecule has 0 aliphatic carbocycles. The van der Waals surface area contributed by atoms with Crippen LogP contribution in [0.15, 0.2) is 65.5 Å². The first-order chi connectivity index (χ1) is 13.2. The van der Waals surface area contributed by atoms with Gasteiger partial charge in [0.2, 0.25) is 10.0 Å². The highest BCUT2D eigenvalue weighted by Crippen LogP contribution is 2.18. The quantitative estimate of drug-likeness (QED) is 0.615. The van der Waals surface area contributed by atoms with Crippen molar-refractivity contribution in [3.05, 3.63) is 82.1 Å². The van der Waals surface area contributed by atoms with Gasteiger partial charge in [0.15, 0.2) is 0 Å². The molecule has 1 amide bonds. The van der Waals surface area contributed by atoms with E-state index in [1.807, 2.05) is 31.2 Å². The molecule has 3 N–H and O–H groups in total. The summed E-state index contributed by atoms with van der Waals surface area (Å²) in [6, 6.07) is 17.0. The van der Waals surface area contributed by atoms with E-state index >= 15 is 0 Å². The zero-order chi connectivity index (χ0) is 20.3. The van der Waals surface area contributed by atoms with Crippen LogP contribution in [0.4, 0.5) is 11.4 Å². The first-order valence-electron chi connectivity index (χ1n) is 8.41. The van der Waals surface area contributed by atoms with Crippen molar-refractivity contribution >= 4 is 27.3 Å². The van der Waals surface area contributed by atoms with Crippen molar-refractivity contribution in [2.45, 2.75) is 6.92 Å². The summed E-state index contributed by atoms with van der Waals surface area (Å²) in [7, 11) is -3.37. The predicted molar refractivity (Wildman–Crippen MR) is 110 cm³/mol. The third kappa shape index (κ3) is 4.86.